The lowest BCUT2D eigenvalue weighted by Gasteiger charge is -2.20. The van der Waals surface area contributed by atoms with Gasteiger partial charge in [0, 0.05) is 0 Å². The molecule has 7 heteroatoms. The molecule has 0 amide bonds. The van der Waals surface area contributed by atoms with Crippen molar-refractivity contribution in [3.8, 4) is 0 Å². The van der Waals surface area contributed by atoms with Gasteiger partial charge in [0.1, 0.15) is 13.2 Å². The molecule has 3 atom stereocenters. The Morgan fingerprint density at radius 3 is 2.27 bits per heavy atom. The Balaban J connectivity index is 1.48. The van der Waals surface area contributed by atoms with E-state index in [2.05, 4.69) is 0 Å². The van der Waals surface area contributed by atoms with E-state index in [1.807, 2.05) is 6.92 Å². The molecule has 0 bridgehead atoms. The van der Waals surface area contributed by atoms with Gasteiger partial charge in [-0.25, -0.2) is 0 Å². The monoisotopic (exact) mass is 370 g/mol. The quantitative estimate of drug-likeness (QED) is 0.252. The summed E-state index contributed by atoms with van der Waals surface area (Å²) in [6.07, 6.45) is 4.44. The third-order valence-electron chi connectivity index (χ3n) is 5.14. The van der Waals surface area contributed by atoms with Crippen molar-refractivity contribution >= 4 is 17.9 Å². The van der Waals surface area contributed by atoms with E-state index >= 15 is 0 Å². The second kappa shape index (κ2) is 9.35. The summed E-state index contributed by atoms with van der Waals surface area (Å²) in [7, 11) is 0. The van der Waals surface area contributed by atoms with Gasteiger partial charge in [-0.2, -0.15) is 0 Å². The van der Waals surface area contributed by atoms with Gasteiger partial charge in [0.2, 0.25) is 0 Å². The Hall–Kier alpha value is -1.63. The summed E-state index contributed by atoms with van der Waals surface area (Å²) in [5.41, 5.74) is -0.543. The molecule has 0 N–H and O–H groups in total. The van der Waals surface area contributed by atoms with Gasteiger partial charge in [0.15, 0.2) is 0 Å². The van der Waals surface area contributed by atoms with E-state index in [0.29, 0.717) is 31.2 Å². The highest BCUT2D eigenvalue weighted by Crippen LogP contribution is 2.39. The lowest BCUT2D eigenvalue weighted by atomic mass is 9.90. The second-order valence-corrected chi connectivity index (χ2v) is 7.67. The summed E-state index contributed by atoms with van der Waals surface area (Å²) in [6.45, 7) is 5.91. The van der Waals surface area contributed by atoms with Crippen molar-refractivity contribution in [2.75, 3.05) is 19.8 Å². The molecule has 1 saturated heterocycles. The summed E-state index contributed by atoms with van der Waals surface area (Å²) >= 11 is 0. The fourth-order valence-electron chi connectivity index (χ4n) is 2.83. The predicted octanol–water partition coefficient (Wildman–Crippen LogP) is 2.40. The van der Waals surface area contributed by atoms with Gasteiger partial charge in [-0.1, -0.05) is 6.92 Å². The van der Waals surface area contributed by atoms with Crippen LogP contribution in [0.5, 0.6) is 0 Å². The molecular weight excluding hydrogens is 340 g/mol. The van der Waals surface area contributed by atoms with E-state index in [1.165, 1.54) is 0 Å². The minimum atomic E-state index is -0.543. The highest BCUT2D eigenvalue weighted by Gasteiger charge is 2.44. The van der Waals surface area contributed by atoms with Crippen LogP contribution in [0.25, 0.3) is 0 Å². The van der Waals surface area contributed by atoms with Crippen molar-refractivity contribution in [1.29, 1.82) is 0 Å². The maximum Gasteiger partial charge on any atom is 0.311 e. The normalized spacial score (nSPS) is 24.3. The number of hydrogen-bond acceptors (Lipinski definition) is 7. The van der Waals surface area contributed by atoms with E-state index in [4.69, 9.17) is 18.9 Å². The van der Waals surface area contributed by atoms with Crippen molar-refractivity contribution in [2.45, 2.75) is 71.5 Å². The number of esters is 3. The number of ether oxygens (including phenoxy) is 4. The summed E-state index contributed by atoms with van der Waals surface area (Å²) in [5.74, 6) is -0.849. The smallest absolute Gasteiger partial charge is 0.311 e. The maximum atomic E-state index is 11.7. The molecular formula is C19H30O7. The summed E-state index contributed by atoms with van der Waals surface area (Å²) in [6, 6.07) is 0. The SMILES string of the molecule is CCC(C)(C)C(=O)OCCOC(=O)CCC(=O)OCC1CCC2OC2C1. The Bertz CT molecular complexity index is 514. The number of fused-ring (bicyclic) bond motifs is 1. The van der Waals surface area contributed by atoms with Crippen LogP contribution in [0.15, 0.2) is 0 Å². The van der Waals surface area contributed by atoms with Gasteiger partial charge >= 0.3 is 17.9 Å². The Morgan fingerprint density at radius 2 is 1.62 bits per heavy atom. The average Bonchev–Trinajstić information content (AvgIpc) is 3.40. The van der Waals surface area contributed by atoms with Crippen molar-refractivity contribution in [3.63, 3.8) is 0 Å². The zero-order valence-corrected chi connectivity index (χ0v) is 16.0. The molecule has 148 valence electrons. The number of epoxide rings is 1. The highest BCUT2D eigenvalue weighted by atomic mass is 16.6. The molecule has 0 spiro atoms. The minimum absolute atomic E-state index is 0.00321. The second-order valence-electron chi connectivity index (χ2n) is 7.67. The Labute approximate surface area is 154 Å². The first-order valence-electron chi connectivity index (χ1n) is 9.45. The van der Waals surface area contributed by atoms with Crippen LogP contribution in [0.1, 0.15) is 59.3 Å². The van der Waals surface area contributed by atoms with Crippen LogP contribution in [-0.2, 0) is 33.3 Å². The molecule has 1 heterocycles. The van der Waals surface area contributed by atoms with Crippen LogP contribution in [0, 0.1) is 11.3 Å². The zero-order valence-electron chi connectivity index (χ0n) is 16.0. The van der Waals surface area contributed by atoms with Crippen molar-refractivity contribution in [3.05, 3.63) is 0 Å². The molecule has 0 radical (unpaired) electrons. The average molecular weight is 370 g/mol. The van der Waals surface area contributed by atoms with Crippen LogP contribution in [-0.4, -0.2) is 49.9 Å². The van der Waals surface area contributed by atoms with Crippen molar-refractivity contribution in [2.24, 2.45) is 11.3 Å². The van der Waals surface area contributed by atoms with Crippen LogP contribution in [0.2, 0.25) is 0 Å². The first kappa shape index (κ1) is 20.7. The molecule has 1 aliphatic carbocycles. The molecule has 0 aromatic carbocycles. The third-order valence-corrected chi connectivity index (χ3v) is 5.14. The minimum Gasteiger partial charge on any atom is -0.465 e. The third kappa shape index (κ3) is 6.59. The summed E-state index contributed by atoms with van der Waals surface area (Å²) in [4.78, 5) is 35.1. The molecule has 2 rings (SSSR count). The molecule has 7 nitrogen and oxygen atoms in total. The topological polar surface area (TPSA) is 91.4 Å². The lowest BCUT2D eigenvalue weighted by molar-refractivity contribution is -0.159. The number of rotatable bonds is 10. The van der Waals surface area contributed by atoms with E-state index in [0.717, 1.165) is 19.3 Å². The summed E-state index contributed by atoms with van der Waals surface area (Å²) < 4.78 is 20.7. The standard InChI is InChI=1S/C19H30O7/c1-4-19(2,3)18(22)24-10-9-23-16(20)7-8-17(21)25-12-13-5-6-14-15(11-13)26-14/h13-15H,4-12H2,1-3H3. The molecule has 3 unspecified atom stereocenters. The fraction of sp³-hybridized carbons (Fsp3) is 0.842. The van der Waals surface area contributed by atoms with Crippen LogP contribution >= 0.6 is 0 Å². The van der Waals surface area contributed by atoms with Gasteiger partial charge in [-0.3, -0.25) is 14.4 Å². The van der Waals surface area contributed by atoms with E-state index in [-0.39, 0.29) is 32.0 Å². The molecule has 2 fully saturated rings. The molecule has 0 aromatic heterocycles. The number of carbonyl (C=O) groups excluding carboxylic acids is 3. The molecule has 1 aliphatic heterocycles. The molecule has 2 aliphatic rings. The van der Waals surface area contributed by atoms with Gasteiger partial charge in [0.25, 0.3) is 0 Å². The van der Waals surface area contributed by atoms with Crippen molar-refractivity contribution < 1.29 is 33.3 Å². The first-order chi connectivity index (χ1) is 12.3. The fourth-order valence-corrected chi connectivity index (χ4v) is 2.83. The van der Waals surface area contributed by atoms with Gasteiger partial charge in [-0.15, -0.1) is 0 Å². The van der Waals surface area contributed by atoms with Crippen LogP contribution in [0.3, 0.4) is 0 Å². The molecule has 0 aromatic rings. The molecule has 26 heavy (non-hydrogen) atoms. The van der Waals surface area contributed by atoms with Crippen LogP contribution < -0.4 is 0 Å². The lowest BCUT2D eigenvalue weighted by Crippen LogP contribution is -2.27. The predicted molar refractivity (Wildman–Crippen MR) is 92.2 cm³/mol. The van der Waals surface area contributed by atoms with Gasteiger partial charge in [0.05, 0.1) is 37.1 Å². The number of carbonyl (C=O) groups is 3. The highest BCUT2D eigenvalue weighted by molar-refractivity contribution is 5.77. The van der Waals surface area contributed by atoms with Crippen LogP contribution in [0.4, 0.5) is 0 Å². The number of hydrogen-bond donors (Lipinski definition) is 0. The zero-order chi connectivity index (χ0) is 19.2. The van der Waals surface area contributed by atoms with Gasteiger partial charge < -0.3 is 18.9 Å². The van der Waals surface area contributed by atoms with Crippen molar-refractivity contribution in [1.82, 2.24) is 0 Å². The molecule has 1 saturated carbocycles. The van der Waals surface area contributed by atoms with E-state index in [9.17, 15) is 14.4 Å². The summed E-state index contributed by atoms with van der Waals surface area (Å²) in [5, 5.41) is 0. The Kier molecular flexibility index (Phi) is 7.43. The van der Waals surface area contributed by atoms with Gasteiger partial charge in [-0.05, 0) is 45.4 Å². The van der Waals surface area contributed by atoms with E-state index < -0.39 is 17.4 Å². The maximum absolute atomic E-state index is 11.7. The Morgan fingerprint density at radius 1 is 0.962 bits per heavy atom. The van der Waals surface area contributed by atoms with E-state index in [1.54, 1.807) is 13.8 Å². The first-order valence-corrected chi connectivity index (χ1v) is 9.45. The largest absolute Gasteiger partial charge is 0.465 e.